The van der Waals surface area contributed by atoms with Gasteiger partial charge in [-0.3, -0.25) is 4.79 Å². The molecule has 0 radical (unpaired) electrons. The fraction of sp³-hybridized carbons (Fsp3) is 0.250. The minimum Gasteiger partial charge on any atom is -0.478 e. The van der Waals surface area contributed by atoms with Gasteiger partial charge in [0.2, 0.25) is 0 Å². The first-order valence-electron chi connectivity index (χ1n) is 6.97. The molecule has 3 rings (SSSR count). The number of nitrogens with one attached hydrogen (secondary N) is 1. The van der Waals surface area contributed by atoms with Crippen molar-refractivity contribution in [3.63, 3.8) is 0 Å². The van der Waals surface area contributed by atoms with Gasteiger partial charge in [-0.1, -0.05) is 12.1 Å². The molecule has 1 aliphatic rings. The zero-order valence-corrected chi connectivity index (χ0v) is 12.6. The Morgan fingerprint density at radius 1 is 1.23 bits per heavy atom. The number of carboxylic acids is 1. The van der Waals surface area contributed by atoms with Crippen molar-refractivity contribution >= 4 is 23.6 Å². The summed E-state index contributed by atoms with van der Waals surface area (Å²) in [6.07, 6.45) is 3.44. The maximum absolute atomic E-state index is 12.2. The zero-order chi connectivity index (χ0) is 15.5. The second-order valence-electron chi connectivity index (χ2n) is 5.10. The highest BCUT2D eigenvalue weighted by Gasteiger charge is 2.25. The Morgan fingerprint density at radius 2 is 2.00 bits per heavy atom. The SMILES string of the molecule is O=C(NC1CC1)c1ccccc1SCc1occc1C(=O)O. The monoisotopic (exact) mass is 317 g/mol. The van der Waals surface area contributed by atoms with E-state index >= 15 is 0 Å². The van der Waals surface area contributed by atoms with Crippen LogP contribution in [0.3, 0.4) is 0 Å². The van der Waals surface area contributed by atoms with E-state index in [0.717, 1.165) is 17.7 Å². The van der Waals surface area contributed by atoms with Crippen LogP contribution >= 0.6 is 11.8 Å². The predicted molar refractivity (Wildman–Crippen MR) is 82.2 cm³/mol. The van der Waals surface area contributed by atoms with Gasteiger partial charge in [-0.25, -0.2) is 4.79 Å². The third kappa shape index (κ3) is 3.33. The minimum atomic E-state index is -1.01. The third-order valence-electron chi connectivity index (χ3n) is 3.38. The summed E-state index contributed by atoms with van der Waals surface area (Å²) in [5.41, 5.74) is 0.773. The number of thioether (sulfide) groups is 1. The summed E-state index contributed by atoms with van der Waals surface area (Å²) in [6.45, 7) is 0. The molecule has 22 heavy (non-hydrogen) atoms. The normalized spacial score (nSPS) is 13.8. The van der Waals surface area contributed by atoms with E-state index in [1.807, 2.05) is 18.2 Å². The van der Waals surface area contributed by atoms with Crippen LogP contribution in [0.1, 0.15) is 39.3 Å². The summed E-state index contributed by atoms with van der Waals surface area (Å²) >= 11 is 1.39. The number of benzene rings is 1. The van der Waals surface area contributed by atoms with E-state index < -0.39 is 5.97 Å². The van der Waals surface area contributed by atoms with Gasteiger partial charge in [0, 0.05) is 10.9 Å². The summed E-state index contributed by atoms with van der Waals surface area (Å²) in [4.78, 5) is 24.1. The van der Waals surface area contributed by atoms with Crippen molar-refractivity contribution in [3.8, 4) is 0 Å². The Hall–Kier alpha value is -2.21. The quantitative estimate of drug-likeness (QED) is 0.800. The smallest absolute Gasteiger partial charge is 0.339 e. The summed E-state index contributed by atoms with van der Waals surface area (Å²) in [5, 5.41) is 12.0. The molecule has 0 atom stereocenters. The molecule has 1 aromatic heterocycles. The van der Waals surface area contributed by atoms with Crippen molar-refractivity contribution in [2.75, 3.05) is 0 Å². The molecule has 0 bridgehead atoms. The second-order valence-corrected chi connectivity index (χ2v) is 6.11. The zero-order valence-electron chi connectivity index (χ0n) is 11.7. The Balaban J connectivity index is 1.73. The fourth-order valence-electron chi connectivity index (χ4n) is 2.06. The minimum absolute atomic E-state index is 0.0801. The van der Waals surface area contributed by atoms with Crippen LogP contribution in [0.15, 0.2) is 45.9 Å². The first-order chi connectivity index (χ1) is 10.6. The van der Waals surface area contributed by atoms with Crippen LogP contribution in [0.2, 0.25) is 0 Å². The van der Waals surface area contributed by atoms with Gasteiger partial charge in [-0.05, 0) is 31.0 Å². The topological polar surface area (TPSA) is 79.5 Å². The lowest BCUT2D eigenvalue weighted by Gasteiger charge is -2.09. The molecule has 1 amide bonds. The number of furan rings is 1. The number of hydrogen-bond acceptors (Lipinski definition) is 4. The number of carbonyl (C=O) groups excluding carboxylic acids is 1. The van der Waals surface area contributed by atoms with Gasteiger partial charge < -0.3 is 14.8 Å². The highest BCUT2D eigenvalue weighted by Crippen LogP contribution is 2.29. The van der Waals surface area contributed by atoms with E-state index in [2.05, 4.69) is 5.32 Å². The van der Waals surface area contributed by atoms with Crippen molar-refractivity contribution in [1.82, 2.24) is 5.32 Å². The molecule has 5 nitrogen and oxygen atoms in total. The van der Waals surface area contributed by atoms with Crippen LogP contribution in [0.25, 0.3) is 0 Å². The van der Waals surface area contributed by atoms with Crippen LogP contribution in [-0.2, 0) is 5.75 Å². The number of carboxylic acid groups (broad SMARTS) is 1. The largest absolute Gasteiger partial charge is 0.478 e. The lowest BCUT2D eigenvalue weighted by molar-refractivity contribution is 0.0694. The highest BCUT2D eigenvalue weighted by atomic mass is 32.2. The molecule has 0 aliphatic heterocycles. The summed E-state index contributed by atoms with van der Waals surface area (Å²) in [5.74, 6) is -0.329. The summed E-state index contributed by atoms with van der Waals surface area (Å²) in [7, 11) is 0. The van der Waals surface area contributed by atoms with Gasteiger partial charge in [0.25, 0.3) is 5.91 Å². The van der Waals surface area contributed by atoms with E-state index in [-0.39, 0.29) is 11.5 Å². The van der Waals surface area contributed by atoms with Crippen molar-refractivity contribution in [2.24, 2.45) is 0 Å². The molecule has 0 unspecified atom stereocenters. The van der Waals surface area contributed by atoms with Gasteiger partial charge in [-0.15, -0.1) is 11.8 Å². The maximum Gasteiger partial charge on any atom is 0.339 e. The number of amides is 1. The Labute approximate surface area is 131 Å². The van der Waals surface area contributed by atoms with Gasteiger partial charge in [0.05, 0.1) is 17.6 Å². The summed E-state index contributed by atoms with van der Waals surface area (Å²) in [6, 6.07) is 9.05. The molecular weight excluding hydrogens is 302 g/mol. The molecule has 0 saturated heterocycles. The average Bonchev–Trinajstić information content (AvgIpc) is 3.19. The maximum atomic E-state index is 12.2. The van der Waals surface area contributed by atoms with Crippen LogP contribution in [0, 0.1) is 0 Å². The molecule has 6 heteroatoms. The second kappa shape index (κ2) is 6.27. The highest BCUT2D eigenvalue weighted by molar-refractivity contribution is 7.98. The van der Waals surface area contributed by atoms with Crippen LogP contribution in [0.4, 0.5) is 0 Å². The average molecular weight is 317 g/mol. The Kier molecular flexibility index (Phi) is 4.20. The first kappa shape index (κ1) is 14.7. The molecule has 114 valence electrons. The predicted octanol–water partition coefficient (Wildman–Crippen LogP) is 3.16. The molecule has 0 spiro atoms. The Morgan fingerprint density at radius 3 is 2.73 bits per heavy atom. The first-order valence-corrected chi connectivity index (χ1v) is 7.96. The van der Waals surface area contributed by atoms with Crippen molar-refractivity contribution < 1.29 is 19.1 Å². The molecule has 1 fully saturated rings. The van der Waals surface area contributed by atoms with Gasteiger partial charge in [0.1, 0.15) is 11.3 Å². The van der Waals surface area contributed by atoms with Crippen LogP contribution in [0.5, 0.6) is 0 Å². The van der Waals surface area contributed by atoms with Crippen molar-refractivity contribution in [3.05, 3.63) is 53.5 Å². The van der Waals surface area contributed by atoms with Crippen LogP contribution in [-0.4, -0.2) is 23.0 Å². The Bertz CT molecular complexity index is 706. The van der Waals surface area contributed by atoms with E-state index in [0.29, 0.717) is 23.1 Å². The molecule has 2 N–H and O–H groups in total. The molecular formula is C16H15NO4S. The van der Waals surface area contributed by atoms with Gasteiger partial charge in [0.15, 0.2) is 0 Å². The van der Waals surface area contributed by atoms with Crippen molar-refractivity contribution in [1.29, 1.82) is 0 Å². The molecule has 1 saturated carbocycles. The fourth-order valence-corrected chi connectivity index (χ4v) is 3.06. The van der Waals surface area contributed by atoms with Gasteiger partial charge >= 0.3 is 5.97 Å². The third-order valence-corrected chi connectivity index (χ3v) is 4.45. The summed E-state index contributed by atoms with van der Waals surface area (Å²) < 4.78 is 5.22. The van der Waals surface area contributed by atoms with E-state index in [1.54, 1.807) is 6.07 Å². The number of hydrogen-bond donors (Lipinski definition) is 2. The molecule has 2 aromatic rings. The van der Waals surface area contributed by atoms with Crippen LogP contribution < -0.4 is 5.32 Å². The van der Waals surface area contributed by atoms with Gasteiger partial charge in [-0.2, -0.15) is 0 Å². The molecule has 1 heterocycles. The van der Waals surface area contributed by atoms with E-state index in [1.165, 1.54) is 24.1 Å². The lowest BCUT2D eigenvalue weighted by Crippen LogP contribution is -2.25. The van der Waals surface area contributed by atoms with E-state index in [4.69, 9.17) is 9.52 Å². The number of aromatic carboxylic acids is 1. The molecule has 1 aliphatic carbocycles. The number of rotatable bonds is 6. The lowest BCUT2D eigenvalue weighted by atomic mass is 10.2. The van der Waals surface area contributed by atoms with E-state index in [9.17, 15) is 9.59 Å². The standard InChI is InChI=1S/C16H15NO4S/c18-15(17-10-5-6-10)12-3-1-2-4-14(12)22-9-13-11(16(19)20)7-8-21-13/h1-4,7-8,10H,5-6,9H2,(H,17,18)(H,19,20). The van der Waals surface area contributed by atoms with Crippen molar-refractivity contribution in [2.45, 2.75) is 29.5 Å². The number of carbonyl (C=O) groups is 2. The molecule has 1 aromatic carbocycles.